The van der Waals surface area contributed by atoms with Crippen LogP contribution < -0.4 is 16.0 Å². The first kappa shape index (κ1) is 26.6. The Bertz CT molecular complexity index is 454. The predicted octanol–water partition coefficient (Wildman–Crippen LogP) is 6.05. The Morgan fingerprint density at radius 2 is 0.800 bits per heavy atom. The normalized spacial score (nSPS) is 12.4. The molecule has 1 aromatic rings. The van der Waals surface area contributed by atoms with Gasteiger partial charge in [0.1, 0.15) is 0 Å². The lowest BCUT2D eigenvalue weighted by Gasteiger charge is -2.19. The third kappa shape index (κ3) is 14.3. The molecule has 0 fully saturated rings. The largest absolute Gasteiger partial charge is 0.352 e. The number of nitrogens with zero attached hydrogens (tertiary/aromatic N) is 3. The molecule has 0 aromatic carbocycles. The number of hydrogen-bond donors (Lipinski definition) is 3. The smallest absolute Gasteiger partial charge is 0.229 e. The van der Waals surface area contributed by atoms with Crippen LogP contribution in [-0.4, -0.2) is 44.3 Å². The molecule has 0 amide bonds. The molecule has 1 heterocycles. The Hall–Kier alpha value is 1.58. The van der Waals surface area contributed by atoms with Crippen LogP contribution in [0.15, 0.2) is 0 Å². The molecular formula is C12H19Br6ClN6. The highest BCUT2D eigenvalue weighted by atomic mass is 79.9. The van der Waals surface area contributed by atoms with Crippen LogP contribution in [0.5, 0.6) is 0 Å². The zero-order valence-corrected chi connectivity index (χ0v) is 24.0. The average Bonchev–Trinajstić information content (AvgIpc) is 2.38. The molecule has 6 nitrogen and oxygen atoms in total. The average molecular weight is 762 g/mol. The SMILES string of the molecule is CC(Br)(Br)CNc1nc(NCC(C)(Br)Br)nc(NCC(C)(Br)Br)n1.Cl. The summed E-state index contributed by atoms with van der Waals surface area (Å²) in [7, 11) is 0. The van der Waals surface area contributed by atoms with E-state index in [0.29, 0.717) is 37.5 Å². The lowest BCUT2D eigenvalue weighted by Crippen LogP contribution is -2.25. The van der Waals surface area contributed by atoms with Crippen molar-refractivity contribution in [2.75, 3.05) is 35.6 Å². The number of aromatic nitrogens is 3. The Morgan fingerprint density at radius 1 is 0.600 bits per heavy atom. The number of hydrogen-bond acceptors (Lipinski definition) is 6. The van der Waals surface area contributed by atoms with E-state index < -0.39 is 0 Å². The summed E-state index contributed by atoms with van der Waals surface area (Å²) in [6.07, 6.45) is 0. The second-order valence-electron chi connectivity index (χ2n) is 5.58. The summed E-state index contributed by atoms with van der Waals surface area (Å²) < 4.78 is -0.743. The summed E-state index contributed by atoms with van der Waals surface area (Å²) in [6.45, 7) is 7.75. The molecule has 0 saturated heterocycles. The summed E-state index contributed by atoms with van der Waals surface area (Å²) in [5.41, 5.74) is 0. The van der Waals surface area contributed by atoms with E-state index in [4.69, 9.17) is 0 Å². The number of alkyl halides is 6. The number of nitrogens with one attached hydrogen (secondary N) is 3. The van der Waals surface area contributed by atoms with Gasteiger partial charge >= 0.3 is 0 Å². The second kappa shape index (κ2) is 10.9. The minimum Gasteiger partial charge on any atom is -0.352 e. The zero-order valence-electron chi connectivity index (χ0n) is 13.6. The molecule has 1 aromatic heterocycles. The molecule has 25 heavy (non-hydrogen) atoms. The van der Waals surface area contributed by atoms with Crippen LogP contribution in [-0.2, 0) is 0 Å². The maximum Gasteiger partial charge on any atom is 0.229 e. The highest BCUT2D eigenvalue weighted by molar-refractivity contribution is 9.26. The van der Waals surface area contributed by atoms with E-state index in [0.717, 1.165) is 0 Å². The molecule has 13 heteroatoms. The van der Waals surface area contributed by atoms with Gasteiger partial charge in [0.2, 0.25) is 17.8 Å². The number of halogens is 7. The van der Waals surface area contributed by atoms with Crippen LogP contribution in [0.2, 0.25) is 0 Å². The van der Waals surface area contributed by atoms with Gasteiger partial charge in [-0.25, -0.2) is 0 Å². The third-order valence-corrected chi connectivity index (χ3v) is 3.99. The molecule has 0 aliphatic rings. The van der Waals surface area contributed by atoms with E-state index in [1.165, 1.54) is 0 Å². The van der Waals surface area contributed by atoms with Crippen molar-refractivity contribution in [3.63, 3.8) is 0 Å². The Labute approximate surface area is 204 Å². The monoisotopic (exact) mass is 756 g/mol. The fourth-order valence-corrected chi connectivity index (χ4v) is 2.16. The van der Waals surface area contributed by atoms with Gasteiger partial charge in [0, 0.05) is 19.6 Å². The maximum atomic E-state index is 4.39. The molecule has 0 radical (unpaired) electrons. The highest BCUT2D eigenvalue weighted by Gasteiger charge is 2.19. The van der Waals surface area contributed by atoms with Crippen molar-refractivity contribution >= 4 is 126 Å². The van der Waals surface area contributed by atoms with Gasteiger partial charge in [-0.3, -0.25) is 0 Å². The van der Waals surface area contributed by atoms with Gasteiger partial charge in [0.05, 0.1) is 9.70 Å². The van der Waals surface area contributed by atoms with E-state index in [2.05, 4.69) is 126 Å². The van der Waals surface area contributed by atoms with Crippen molar-refractivity contribution in [1.29, 1.82) is 0 Å². The molecule has 0 spiro atoms. The minimum atomic E-state index is -0.248. The summed E-state index contributed by atoms with van der Waals surface area (Å²) >= 11 is 21.1. The van der Waals surface area contributed by atoms with E-state index in [9.17, 15) is 0 Å². The highest BCUT2D eigenvalue weighted by Crippen LogP contribution is 2.27. The Kier molecular flexibility index (Phi) is 11.6. The van der Waals surface area contributed by atoms with Crippen molar-refractivity contribution in [1.82, 2.24) is 15.0 Å². The number of anilines is 3. The van der Waals surface area contributed by atoms with Crippen LogP contribution in [0.3, 0.4) is 0 Å². The van der Waals surface area contributed by atoms with Gasteiger partial charge in [-0.1, -0.05) is 95.6 Å². The first-order chi connectivity index (χ1) is 10.7. The lowest BCUT2D eigenvalue weighted by molar-refractivity contribution is 0.897. The zero-order chi connectivity index (χ0) is 18.6. The molecule has 146 valence electrons. The van der Waals surface area contributed by atoms with Crippen LogP contribution >= 0.6 is 108 Å². The summed E-state index contributed by atoms with van der Waals surface area (Å²) in [4.78, 5) is 13.2. The van der Waals surface area contributed by atoms with Crippen molar-refractivity contribution < 1.29 is 0 Å². The van der Waals surface area contributed by atoms with Crippen molar-refractivity contribution in [3.05, 3.63) is 0 Å². The van der Waals surface area contributed by atoms with E-state index in [1.807, 2.05) is 20.8 Å². The lowest BCUT2D eigenvalue weighted by atomic mass is 10.5. The van der Waals surface area contributed by atoms with E-state index >= 15 is 0 Å². The van der Waals surface area contributed by atoms with E-state index in [1.54, 1.807) is 0 Å². The molecule has 0 atom stereocenters. The van der Waals surface area contributed by atoms with Gasteiger partial charge in [0.15, 0.2) is 0 Å². The van der Waals surface area contributed by atoms with Crippen molar-refractivity contribution in [3.8, 4) is 0 Å². The van der Waals surface area contributed by atoms with Crippen LogP contribution in [0.1, 0.15) is 20.8 Å². The Balaban J connectivity index is 0.00000576. The van der Waals surface area contributed by atoms with Gasteiger partial charge in [-0.05, 0) is 20.8 Å². The van der Waals surface area contributed by atoms with Crippen LogP contribution in [0.25, 0.3) is 0 Å². The molecule has 1 rings (SSSR count). The van der Waals surface area contributed by atoms with E-state index in [-0.39, 0.29) is 22.1 Å². The first-order valence-electron chi connectivity index (χ1n) is 6.85. The maximum absolute atomic E-state index is 4.39. The Morgan fingerprint density at radius 3 is 0.960 bits per heavy atom. The fraction of sp³-hybridized carbons (Fsp3) is 0.750. The molecule has 0 unspecified atom stereocenters. The minimum absolute atomic E-state index is 0. The quantitative estimate of drug-likeness (QED) is 0.267. The van der Waals surface area contributed by atoms with Crippen LogP contribution in [0, 0.1) is 0 Å². The van der Waals surface area contributed by atoms with Gasteiger partial charge in [-0.2, -0.15) is 15.0 Å². The third-order valence-electron chi connectivity index (χ3n) is 2.31. The van der Waals surface area contributed by atoms with Crippen molar-refractivity contribution in [2.45, 2.75) is 30.5 Å². The number of rotatable bonds is 9. The predicted molar refractivity (Wildman–Crippen MR) is 131 cm³/mol. The molecule has 3 N–H and O–H groups in total. The topological polar surface area (TPSA) is 74.8 Å². The molecule has 0 aliphatic heterocycles. The van der Waals surface area contributed by atoms with Crippen LogP contribution in [0.4, 0.5) is 17.8 Å². The van der Waals surface area contributed by atoms with Crippen molar-refractivity contribution in [2.24, 2.45) is 0 Å². The second-order valence-corrected chi connectivity index (χ2v) is 19.3. The standard InChI is InChI=1S/C12H18Br6N6.ClH/c1-10(13,14)4-19-7-22-8(20-5-11(2,15)16)24-9(23-7)21-6-12(3,17)18;/h4-6H2,1-3H3,(H3,19,20,21,22,23,24);1H. The fourth-order valence-electron chi connectivity index (χ4n) is 1.32. The summed E-state index contributed by atoms with van der Waals surface area (Å²) in [5, 5.41) is 9.53. The van der Waals surface area contributed by atoms with Gasteiger partial charge in [-0.15, -0.1) is 12.4 Å². The molecule has 0 aliphatic carbocycles. The summed E-state index contributed by atoms with van der Waals surface area (Å²) in [5.74, 6) is 1.45. The molecule has 0 bridgehead atoms. The molecular weight excluding hydrogens is 743 g/mol. The summed E-state index contributed by atoms with van der Waals surface area (Å²) in [6, 6.07) is 0. The van der Waals surface area contributed by atoms with Gasteiger partial charge < -0.3 is 16.0 Å². The first-order valence-corrected chi connectivity index (χ1v) is 11.6. The van der Waals surface area contributed by atoms with Gasteiger partial charge in [0.25, 0.3) is 0 Å². The molecule has 0 saturated carbocycles.